The molecule has 1 N–H and O–H groups in total. The Balaban J connectivity index is 1.59. The molecule has 0 bridgehead atoms. The predicted octanol–water partition coefficient (Wildman–Crippen LogP) is 6.35. The first-order valence-electron chi connectivity index (χ1n) is 9.42. The van der Waals surface area contributed by atoms with Gasteiger partial charge in [0, 0.05) is 17.0 Å². The minimum atomic E-state index is -0.316. The van der Waals surface area contributed by atoms with E-state index in [2.05, 4.69) is 15.5 Å². The van der Waals surface area contributed by atoms with Crippen molar-refractivity contribution in [3.8, 4) is 11.6 Å². The molecule has 0 aliphatic carbocycles. The number of nitrogens with zero attached hydrogens (tertiary/aromatic N) is 2. The number of hydrogen-bond donors (Lipinski definition) is 1. The zero-order chi connectivity index (χ0) is 21.8. The number of halogens is 3. The Kier molecular flexibility index (Phi) is 6.56. The summed E-state index contributed by atoms with van der Waals surface area (Å²) >= 11 is 18.1. The maximum Gasteiger partial charge on any atom is 0.257 e. The standard InChI is InChI=1S/C23H16Cl3N3O2/c24-15-4-3-5-16(13-15)31-23-21(17-6-1-2-7-20(17)28-29-23)22(30)27-11-10-14-8-9-18(25)19(26)12-14/h1-9,12-13H,10-11H2,(H,27,30). The van der Waals surface area contributed by atoms with E-state index in [-0.39, 0.29) is 11.8 Å². The average molecular weight is 473 g/mol. The van der Waals surface area contributed by atoms with E-state index in [0.717, 1.165) is 5.56 Å². The van der Waals surface area contributed by atoms with E-state index in [1.165, 1.54) is 0 Å². The highest BCUT2D eigenvalue weighted by Crippen LogP contribution is 2.29. The molecule has 0 atom stereocenters. The molecule has 4 rings (SSSR count). The van der Waals surface area contributed by atoms with Crippen molar-refractivity contribution in [1.82, 2.24) is 15.5 Å². The van der Waals surface area contributed by atoms with Crippen molar-refractivity contribution in [2.75, 3.05) is 6.54 Å². The summed E-state index contributed by atoms with van der Waals surface area (Å²) < 4.78 is 5.86. The van der Waals surface area contributed by atoms with Crippen LogP contribution in [0.3, 0.4) is 0 Å². The van der Waals surface area contributed by atoms with Gasteiger partial charge in [0.15, 0.2) is 0 Å². The molecule has 0 spiro atoms. The molecule has 31 heavy (non-hydrogen) atoms. The minimum absolute atomic E-state index is 0.105. The van der Waals surface area contributed by atoms with Crippen molar-refractivity contribution in [2.24, 2.45) is 0 Å². The van der Waals surface area contributed by atoms with Crippen LogP contribution in [0.2, 0.25) is 15.1 Å². The molecule has 156 valence electrons. The van der Waals surface area contributed by atoms with Crippen molar-refractivity contribution in [3.05, 3.63) is 92.9 Å². The molecule has 5 nitrogen and oxygen atoms in total. The molecule has 1 amide bonds. The number of fused-ring (bicyclic) bond motifs is 1. The lowest BCUT2D eigenvalue weighted by atomic mass is 10.1. The highest BCUT2D eigenvalue weighted by atomic mass is 35.5. The molecule has 0 saturated carbocycles. The summed E-state index contributed by atoms with van der Waals surface area (Å²) in [5.74, 6) is 0.248. The Labute approximate surface area is 193 Å². The van der Waals surface area contributed by atoms with Crippen LogP contribution in [0, 0.1) is 0 Å². The molecule has 4 aromatic rings. The first-order valence-corrected chi connectivity index (χ1v) is 10.6. The number of carbonyl (C=O) groups excluding carboxylic acids is 1. The molecule has 0 radical (unpaired) electrons. The highest BCUT2D eigenvalue weighted by molar-refractivity contribution is 6.42. The lowest BCUT2D eigenvalue weighted by molar-refractivity contribution is 0.0952. The summed E-state index contributed by atoms with van der Waals surface area (Å²) in [6.07, 6.45) is 0.587. The second kappa shape index (κ2) is 9.52. The Morgan fingerprint density at radius 2 is 1.74 bits per heavy atom. The van der Waals surface area contributed by atoms with Crippen molar-refractivity contribution in [2.45, 2.75) is 6.42 Å². The normalized spacial score (nSPS) is 10.8. The van der Waals surface area contributed by atoms with E-state index in [9.17, 15) is 4.79 Å². The monoisotopic (exact) mass is 471 g/mol. The molecule has 1 aromatic heterocycles. The molecular formula is C23H16Cl3N3O2. The van der Waals surface area contributed by atoms with Gasteiger partial charge < -0.3 is 10.1 Å². The van der Waals surface area contributed by atoms with Gasteiger partial charge in [0.05, 0.1) is 15.6 Å². The topological polar surface area (TPSA) is 64.1 Å². The fraction of sp³-hybridized carbons (Fsp3) is 0.0870. The Morgan fingerprint density at radius 1 is 0.903 bits per heavy atom. The molecule has 0 aliphatic heterocycles. The van der Waals surface area contributed by atoms with Gasteiger partial charge in [-0.15, -0.1) is 10.2 Å². The zero-order valence-corrected chi connectivity index (χ0v) is 18.4. The second-order valence-electron chi connectivity index (χ2n) is 6.71. The first-order chi connectivity index (χ1) is 15.0. The third kappa shape index (κ3) is 5.07. The van der Waals surface area contributed by atoms with Crippen LogP contribution in [-0.4, -0.2) is 22.6 Å². The van der Waals surface area contributed by atoms with Crippen LogP contribution in [0.1, 0.15) is 15.9 Å². The number of ether oxygens (including phenoxy) is 1. The minimum Gasteiger partial charge on any atom is -0.437 e. The summed E-state index contributed by atoms with van der Waals surface area (Å²) in [4.78, 5) is 13.1. The maximum absolute atomic E-state index is 13.1. The van der Waals surface area contributed by atoms with Gasteiger partial charge in [0.25, 0.3) is 11.8 Å². The number of nitrogens with one attached hydrogen (secondary N) is 1. The van der Waals surface area contributed by atoms with Crippen LogP contribution < -0.4 is 10.1 Å². The Hall–Kier alpha value is -2.86. The lowest BCUT2D eigenvalue weighted by Crippen LogP contribution is -2.26. The molecular weight excluding hydrogens is 457 g/mol. The summed E-state index contributed by atoms with van der Waals surface area (Å²) in [7, 11) is 0. The number of benzene rings is 3. The third-order valence-corrected chi connectivity index (χ3v) is 5.53. The maximum atomic E-state index is 13.1. The van der Waals surface area contributed by atoms with E-state index in [1.807, 2.05) is 24.3 Å². The van der Waals surface area contributed by atoms with Crippen LogP contribution in [0.5, 0.6) is 11.6 Å². The fourth-order valence-corrected chi connectivity index (χ4v) is 3.57. The molecule has 0 unspecified atom stereocenters. The van der Waals surface area contributed by atoms with Gasteiger partial charge in [-0.25, -0.2) is 0 Å². The van der Waals surface area contributed by atoms with Gasteiger partial charge in [0.1, 0.15) is 11.3 Å². The van der Waals surface area contributed by atoms with E-state index in [0.29, 0.717) is 50.2 Å². The van der Waals surface area contributed by atoms with Crippen LogP contribution in [0.4, 0.5) is 0 Å². The van der Waals surface area contributed by atoms with Gasteiger partial charge >= 0.3 is 0 Å². The predicted molar refractivity (Wildman–Crippen MR) is 124 cm³/mol. The molecule has 0 aliphatic rings. The van der Waals surface area contributed by atoms with Gasteiger partial charge in [-0.2, -0.15) is 0 Å². The van der Waals surface area contributed by atoms with E-state index in [1.54, 1.807) is 42.5 Å². The van der Waals surface area contributed by atoms with E-state index < -0.39 is 0 Å². The van der Waals surface area contributed by atoms with Gasteiger partial charge in [-0.1, -0.05) is 65.1 Å². The number of rotatable bonds is 6. The summed E-state index contributed by atoms with van der Waals surface area (Å²) in [5.41, 5.74) is 1.86. The van der Waals surface area contributed by atoms with Crippen LogP contribution in [0.15, 0.2) is 66.7 Å². The van der Waals surface area contributed by atoms with Crippen LogP contribution >= 0.6 is 34.8 Å². The Morgan fingerprint density at radius 3 is 2.55 bits per heavy atom. The number of amides is 1. The highest BCUT2D eigenvalue weighted by Gasteiger charge is 2.20. The van der Waals surface area contributed by atoms with Crippen molar-refractivity contribution in [3.63, 3.8) is 0 Å². The van der Waals surface area contributed by atoms with Crippen molar-refractivity contribution >= 4 is 51.6 Å². The molecule has 8 heteroatoms. The average Bonchev–Trinajstić information content (AvgIpc) is 2.76. The van der Waals surface area contributed by atoms with Crippen molar-refractivity contribution < 1.29 is 9.53 Å². The number of hydrogen-bond acceptors (Lipinski definition) is 4. The van der Waals surface area contributed by atoms with Crippen molar-refractivity contribution in [1.29, 1.82) is 0 Å². The molecule has 0 fully saturated rings. The SMILES string of the molecule is O=C(NCCc1ccc(Cl)c(Cl)c1)c1c(Oc2cccc(Cl)c2)nnc2ccccc12. The fourth-order valence-electron chi connectivity index (χ4n) is 3.07. The second-order valence-corrected chi connectivity index (χ2v) is 7.96. The number of aromatic nitrogens is 2. The van der Waals surface area contributed by atoms with Crippen LogP contribution in [-0.2, 0) is 6.42 Å². The van der Waals surface area contributed by atoms with Gasteiger partial charge in [-0.05, 0) is 48.4 Å². The smallest absolute Gasteiger partial charge is 0.257 e. The first kappa shape index (κ1) is 21.4. The number of carbonyl (C=O) groups is 1. The molecule has 1 heterocycles. The van der Waals surface area contributed by atoms with Crippen LogP contribution in [0.25, 0.3) is 10.9 Å². The third-order valence-electron chi connectivity index (χ3n) is 4.56. The van der Waals surface area contributed by atoms with Gasteiger partial charge in [-0.3, -0.25) is 4.79 Å². The Bertz CT molecular complexity index is 1260. The van der Waals surface area contributed by atoms with Gasteiger partial charge in [0.2, 0.25) is 0 Å². The zero-order valence-electron chi connectivity index (χ0n) is 16.1. The quantitative estimate of drug-likeness (QED) is 0.355. The summed E-state index contributed by atoms with van der Waals surface area (Å²) in [6.45, 7) is 0.393. The van der Waals surface area contributed by atoms with E-state index in [4.69, 9.17) is 39.5 Å². The lowest BCUT2D eigenvalue weighted by Gasteiger charge is -2.12. The molecule has 0 saturated heterocycles. The molecule has 3 aromatic carbocycles. The van der Waals surface area contributed by atoms with E-state index >= 15 is 0 Å². The summed E-state index contributed by atoms with van der Waals surface area (Å²) in [5, 5.41) is 13.4. The largest absolute Gasteiger partial charge is 0.437 e. The summed E-state index contributed by atoms with van der Waals surface area (Å²) in [6, 6.07) is 19.5.